The van der Waals surface area contributed by atoms with Crippen LogP contribution in [-0.4, -0.2) is 21.3 Å². The van der Waals surface area contributed by atoms with E-state index in [0.717, 1.165) is 11.1 Å². The molecule has 2 heterocycles. The third-order valence-corrected chi connectivity index (χ3v) is 3.26. The van der Waals surface area contributed by atoms with E-state index in [2.05, 4.69) is 20.7 Å². The van der Waals surface area contributed by atoms with Crippen LogP contribution in [0.4, 0.5) is 5.69 Å². The molecule has 3 rings (SSSR count). The van der Waals surface area contributed by atoms with Gasteiger partial charge in [-0.1, -0.05) is 0 Å². The highest BCUT2D eigenvalue weighted by Gasteiger charge is 2.08. The van der Waals surface area contributed by atoms with Crippen molar-refractivity contribution >= 4 is 33.0 Å². The molecule has 0 aliphatic heterocycles. The molecule has 1 aromatic carbocycles. The van der Waals surface area contributed by atoms with Crippen LogP contribution in [0, 0.1) is 0 Å². The van der Waals surface area contributed by atoms with Gasteiger partial charge in [-0.3, -0.25) is 4.79 Å². The number of carbonyl (C=O) groups is 1. The maximum absolute atomic E-state index is 11.7. The normalized spacial score (nSPS) is 10.6. The fourth-order valence-electron chi connectivity index (χ4n) is 1.55. The van der Waals surface area contributed by atoms with Crippen molar-refractivity contribution in [2.75, 3.05) is 5.32 Å². The average Bonchev–Trinajstić information content (AvgIpc) is 2.99. The zero-order valence-corrected chi connectivity index (χ0v) is 9.49. The topological polar surface area (TPSA) is 70.7 Å². The molecule has 84 valence electrons. The number of amides is 1. The number of rotatable bonds is 2. The number of fused-ring (bicyclic) bond motifs is 1. The molecule has 0 spiro atoms. The molecule has 0 saturated carbocycles. The molecule has 0 bridgehead atoms. The Hall–Kier alpha value is -2.21. The van der Waals surface area contributed by atoms with Gasteiger partial charge in [0.25, 0.3) is 5.91 Å². The minimum Gasteiger partial charge on any atom is -0.321 e. The third-order valence-electron chi connectivity index (χ3n) is 2.36. The molecule has 0 saturated heterocycles. The Balaban J connectivity index is 1.87. The second kappa shape index (κ2) is 3.99. The summed E-state index contributed by atoms with van der Waals surface area (Å²) >= 11 is 1.67. The minimum absolute atomic E-state index is 0.270. The van der Waals surface area contributed by atoms with Crippen LogP contribution in [0.15, 0.2) is 35.8 Å². The lowest BCUT2D eigenvalue weighted by atomic mass is 10.2. The molecule has 0 aliphatic carbocycles. The van der Waals surface area contributed by atoms with Crippen LogP contribution in [0.5, 0.6) is 0 Å². The van der Waals surface area contributed by atoms with Crippen molar-refractivity contribution in [1.29, 1.82) is 0 Å². The number of hydrogen-bond donors (Lipinski definition) is 2. The van der Waals surface area contributed by atoms with E-state index >= 15 is 0 Å². The maximum Gasteiger partial charge on any atom is 0.277 e. The number of aromatic nitrogens is 3. The van der Waals surface area contributed by atoms with Gasteiger partial charge < -0.3 is 5.32 Å². The predicted molar refractivity (Wildman–Crippen MR) is 66.2 cm³/mol. The maximum atomic E-state index is 11.7. The summed E-state index contributed by atoms with van der Waals surface area (Å²) in [6.07, 6.45) is 1.39. The van der Waals surface area contributed by atoms with E-state index in [1.165, 1.54) is 10.9 Å². The van der Waals surface area contributed by atoms with Crippen molar-refractivity contribution in [3.05, 3.63) is 41.5 Å². The Bertz CT molecular complexity index is 659. The zero-order chi connectivity index (χ0) is 11.7. The Morgan fingerprint density at radius 2 is 2.29 bits per heavy atom. The lowest BCUT2D eigenvalue weighted by Gasteiger charge is -2.02. The van der Waals surface area contributed by atoms with Crippen LogP contribution in [0.2, 0.25) is 0 Å². The third kappa shape index (κ3) is 1.90. The molecule has 2 aromatic heterocycles. The van der Waals surface area contributed by atoms with Gasteiger partial charge in [0.15, 0.2) is 5.69 Å². The summed E-state index contributed by atoms with van der Waals surface area (Å²) in [5.41, 5.74) is 1.03. The van der Waals surface area contributed by atoms with Gasteiger partial charge in [-0.05, 0) is 35.0 Å². The van der Waals surface area contributed by atoms with Crippen LogP contribution in [0.1, 0.15) is 10.5 Å². The van der Waals surface area contributed by atoms with Crippen molar-refractivity contribution in [2.45, 2.75) is 0 Å². The minimum atomic E-state index is -0.270. The molecule has 5 nitrogen and oxygen atoms in total. The number of nitrogens with zero attached hydrogens (tertiary/aromatic N) is 2. The number of H-pyrrole nitrogens is 1. The number of nitrogens with one attached hydrogen (secondary N) is 2. The van der Waals surface area contributed by atoms with Gasteiger partial charge in [0.2, 0.25) is 0 Å². The fourth-order valence-corrected chi connectivity index (χ4v) is 2.32. The Kier molecular flexibility index (Phi) is 2.34. The molecule has 0 radical (unpaired) electrons. The van der Waals surface area contributed by atoms with Gasteiger partial charge >= 0.3 is 0 Å². The molecule has 3 aromatic rings. The number of anilines is 1. The van der Waals surface area contributed by atoms with Crippen molar-refractivity contribution in [3.8, 4) is 0 Å². The van der Waals surface area contributed by atoms with Crippen LogP contribution in [0.3, 0.4) is 0 Å². The van der Waals surface area contributed by atoms with Gasteiger partial charge in [-0.2, -0.15) is 15.4 Å². The van der Waals surface area contributed by atoms with Crippen LogP contribution in [0.25, 0.3) is 10.1 Å². The predicted octanol–water partition coefficient (Wildman–Crippen LogP) is 2.27. The summed E-state index contributed by atoms with van der Waals surface area (Å²) in [5.74, 6) is -0.270. The van der Waals surface area contributed by atoms with Gasteiger partial charge in [0, 0.05) is 10.4 Å². The second-order valence-electron chi connectivity index (χ2n) is 3.48. The summed E-state index contributed by atoms with van der Waals surface area (Å²) in [5, 5.41) is 15.6. The van der Waals surface area contributed by atoms with Crippen LogP contribution in [-0.2, 0) is 0 Å². The van der Waals surface area contributed by atoms with E-state index in [-0.39, 0.29) is 11.6 Å². The van der Waals surface area contributed by atoms with E-state index in [9.17, 15) is 4.79 Å². The summed E-state index contributed by atoms with van der Waals surface area (Å²) in [6.45, 7) is 0. The number of thiophene rings is 1. The molecular formula is C11H8N4OS. The molecular weight excluding hydrogens is 236 g/mol. The van der Waals surface area contributed by atoms with E-state index in [0.29, 0.717) is 0 Å². The summed E-state index contributed by atoms with van der Waals surface area (Å²) in [7, 11) is 0. The SMILES string of the molecule is O=C(Nc1ccc2sccc2c1)c1cn[nH]n1. The lowest BCUT2D eigenvalue weighted by Crippen LogP contribution is -2.12. The molecule has 0 fully saturated rings. The molecule has 0 atom stereocenters. The van der Waals surface area contributed by atoms with Crippen molar-refractivity contribution in [2.24, 2.45) is 0 Å². The van der Waals surface area contributed by atoms with Gasteiger partial charge in [0.05, 0.1) is 6.20 Å². The Morgan fingerprint density at radius 1 is 1.35 bits per heavy atom. The van der Waals surface area contributed by atoms with E-state index < -0.39 is 0 Å². The largest absolute Gasteiger partial charge is 0.321 e. The number of carbonyl (C=O) groups excluding carboxylic acids is 1. The quantitative estimate of drug-likeness (QED) is 0.726. The summed E-state index contributed by atoms with van der Waals surface area (Å²) in [6, 6.07) is 7.81. The summed E-state index contributed by atoms with van der Waals surface area (Å²) < 4.78 is 1.20. The molecule has 2 N–H and O–H groups in total. The van der Waals surface area contributed by atoms with Gasteiger partial charge in [-0.15, -0.1) is 11.3 Å². The van der Waals surface area contributed by atoms with Crippen molar-refractivity contribution < 1.29 is 4.79 Å². The standard InChI is InChI=1S/C11H8N4OS/c16-11(9-6-12-15-14-9)13-8-1-2-10-7(5-8)3-4-17-10/h1-6H,(H,13,16)(H,12,14,15). The summed E-state index contributed by atoms with van der Waals surface area (Å²) in [4.78, 5) is 11.7. The number of hydrogen-bond acceptors (Lipinski definition) is 4. The fraction of sp³-hybridized carbons (Fsp3) is 0. The highest BCUT2D eigenvalue weighted by molar-refractivity contribution is 7.17. The molecule has 0 unspecified atom stereocenters. The molecule has 17 heavy (non-hydrogen) atoms. The first kappa shape index (κ1) is 9.98. The van der Waals surface area contributed by atoms with Crippen LogP contribution < -0.4 is 5.32 Å². The smallest absolute Gasteiger partial charge is 0.277 e. The highest BCUT2D eigenvalue weighted by atomic mass is 32.1. The van der Waals surface area contributed by atoms with Gasteiger partial charge in [0.1, 0.15) is 0 Å². The van der Waals surface area contributed by atoms with E-state index in [4.69, 9.17) is 0 Å². The molecule has 6 heteroatoms. The average molecular weight is 244 g/mol. The highest BCUT2D eigenvalue weighted by Crippen LogP contribution is 2.24. The first-order chi connectivity index (χ1) is 8.33. The molecule has 0 aliphatic rings. The Morgan fingerprint density at radius 3 is 3.12 bits per heavy atom. The van der Waals surface area contributed by atoms with Gasteiger partial charge in [-0.25, -0.2) is 0 Å². The Labute approximate surface area is 100 Å². The zero-order valence-electron chi connectivity index (χ0n) is 8.68. The molecule has 1 amide bonds. The van der Waals surface area contributed by atoms with E-state index in [1.54, 1.807) is 11.3 Å². The number of benzene rings is 1. The van der Waals surface area contributed by atoms with Crippen molar-refractivity contribution in [3.63, 3.8) is 0 Å². The first-order valence-electron chi connectivity index (χ1n) is 4.97. The monoisotopic (exact) mass is 244 g/mol. The van der Waals surface area contributed by atoms with Crippen molar-refractivity contribution in [1.82, 2.24) is 15.4 Å². The van der Waals surface area contributed by atoms with Crippen LogP contribution >= 0.6 is 11.3 Å². The second-order valence-corrected chi connectivity index (χ2v) is 4.43. The van der Waals surface area contributed by atoms with E-state index in [1.807, 2.05) is 29.6 Å². The number of aromatic amines is 1. The first-order valence-corrected chi connectivity index (χ1v) is 5.85. The lowest BCUT2D eigenvalue weighted by molar-refractivity contribution is 0.102.